The molecule has 1 amide bonds. The Morgan fingerprint density at radius 1 is 0.948 bits per heavy atom. The molecule has 322 valence electrons. The maximum absolute atomic E-state index is 14.3. The van der Waals surface area contributed by atoms with Gasteiger partial charge in [-0.05, 0) is 123 Å². The number of carbonyl (C=O) groups is 4. The van der Waals surface area contributed by atoms with Crippen LogP contribution in [0.3, 0.4) is 0 Å². The molecule has 58 heavy (non-hydrogen) atoms. The number of aliphatic carboxylic acids is 1. The van der Waals surface area contributed by atoms with E-state index in [1.54, 1.807) is 31.9 Å². The van der Waals surface area contributed by atoms with Gasteiger partial charge in [0.15, 0.2) is 5.78 Å². The van der Waals surface area contributed by atoms with E-state index in [1.807, 2.05) is 25.2 Å². The Morgan fingerprint density at radius 2 is 1.66 bits per heavy atom. The predicted octanol–water partition coefficient (Wildman–Crippen LogP) is 8.12. The van der Waals surface area contributed by atoms with Crippen LogP contribution in [0.2, 0.25) is 0 Å². The van der Waals surface area contributed by atoms with Crippen LogP contribution in [0.15, 0.2) is 35.5 Å². The van der Waals surface area contributed by atoms with Crippen LogP contribution in [0.5, 0.6) is 0 Å². The van der Waals surface area contributed by atoms with Crippen LogP contribution in [0.25, 0.3) is 0 Å². The Hall–Kier alpha value is -3.11. The van der Waals surface area contributed by atoms with Crippen molar-refractivity contribution >= 4 is 23.6 Å². The number of pyridine rings is 1. The van der Waals surface area contributed by atoms with Gasteiger partial charge < -0.3 is 19.8 Å². The van der Waals surface area contributed by atoms with E-state index in [4.69, 9.17) is 4.74 Å². The first-order valence-corrected chi connectivity index (χ1v) is 22.2. The number of esters is 1. The number of nitrogens with zero attached hydrogens (tertiary/aromatic N) is 3. The minimum absolute atomic E-state index is 0.000758. The number of carboxylic acids is 1. The molecular weight excluding hydrogens is 731 g/mol. The number of ether oxygens (including phenoxy) is 1. The van der Waals surface area contributed by atoms with Crippen LogP contribution in [-0.2, 0) is 30.5 Å². The molecular formula is C48H73N3O7. The highest BCUT2D eigenvalue weighted by molar-refractivity contribution is 6.00. The maximum Gasteiger partial charge on any atom is 0.309 e. The summed E-state index contributed by atoms with van der Waals surface area (Å²) in [4.78, 5) is 60.0. The number of aliphatic hydroxyl groups excluding tert-OH is 1. The smallest absolute Gasteiger partial charge is 0.309 e. The van der Waals surface area contributed by atoms with Crippen LogP contribution in [-0.4, -0.2) is 87.5 Å². The molecule has 1 aromatic heterocycles. The number of hydrogen-bond donors (Lipinski definition) is 2. The summed E-state index contributed by atoms with van der Waals surface area (Å²) < 4.78 is 6.19. The summed E-state index contributed by atoms with van der Waals surface area (Å²) in [5.41, 5.74) is 1.00. The summed E-state index contributed by atoms with van der Waals surface area (Å²) in [6.07, 6.45) is 8.50. The summed E-state index contributed by atoms with van der Waals surface area (Å²) in [6.45, 7) is 23.2. The molecule has 2 N–H and O–H groups in total. The topological polar surface area (TPSA) is 137 Å². The minimum Gasteiger partial charge on any atom is -0.481 e. The van der Waals surface area contributed by atoms with Gasteiger partial charge in [0.05, 0.1) is 23.6 Å². The number of aromatic nitrogens is 1. The summed E-state index contributed by atoms with van der Waals surface area (Å²) in [5, 5.41) is 22.3. The van der Waals surface area contributed by atoms with Crippen molar-refractivity contribution in [2.75, 3.05) is 26.7 Å². The standard InChI is InChI=1S/C48H73N3O7/c1-30(2)40-34(53)26-48(37(54)29-51(25-24-50(11)31(3)52)28-32-14-12-13-23-49-32)22-21-46(9)33(41(40)48)15-16-36-45(8)19-18-38(58-39(55)27-43(4,5)42(56)57)44(6,7)35(45)17-20-47(36,46)10/h12-14,23,30,33,35-38,54H,15-22,24-29H2,1-11H3,(H,56,57)/t33-,35+,36-,37?,38+,45+,46-,47-,48?/m1/s1. The first kappa shape index (κ1) is 44.4. The molecule has 4 saturated carbocycles. The van der Waals surface area contributed by atoms with Gasteiger partial charge in [-0.15, -0.1) is 0 Å². The molecule has 10 nitrogen and oxygen atoms in total. The molecule has 10 heteroatoms. The Labute approximate surface area is 347 Å². The van der Waals surface area contributed by atoms with Gasteiger partial charge in [0.25, 0.3) is 0 Å². The van der Waals surface area contributed by atoms with Crippen molar-refractivity contribution in [3.8, 4) is 0 Å². The number of carbonyl (C=O) groups excluding carboxylic acids is 3. The van der Waals surface area contributed by atoms with Gasteiger partial charge in [0.2, 0.25) is 5.91 Å². The molecule has 6 rings (SSSR count). The Kier molecular flexibility index (Phi) is 12.1. The summed E-state index contributed by atoms with van der Waals surface area (Å²) in [6, 6.07) is 5.87. The molecule has 0 spiro atoms. The summed E-state index contributed by atoms with van der Waals surface area (Å²) >= 11 is 0. The van der Waals surface area contributed by atoms with E-state index in [-0.39, 0.29) is 57.7 Å². The van der Waals surface area contributed by atoms with E-state index < -0.39 is 28.9 Å². The minimum atomic E-state index is -1.18. The van der Waals surface area contributed by atoms with Crippen LogP contribution in [0.1, 0.15) is 139 Å². The van der Waals surface area contributed by atoms with Gasteiger partial charge >= 0.3 is 11.9 Å². The number of aliphatic hydroxyl groups is 1. The van der Waals surface area contributed by atoms with E-state index in [0.29, 0.717) is 44.4 Å². The first-order chi connectivity index (χ1) is 26.9. The number of allylic oxidation sites excluding steroid dienone is 1. The van der Waals surface area contributed by atoms with Crippen molar-refractivity contribution in [3.05, 3.63) is 41.2 Å². The zero-order valence-corrected chi connectivity index (χ0v) is 37.5. The highest BCUT2D eigenvalue weighted by Crippen LogP contribution is 2.77. The zero-order valence-electron chi connectivity index (χ0n) is 37.5. The van der Waals surface area contributed by atoms with Crippen molar-refractivity contribution in [3.63, 3.8) is 0 Å². The highest BCUT2D eigenvalue weighted by atomic mass is 16.5. The van der Waals surface area contributed by atoms with Crippen molar-refractivity contribution < 1.29 is 34.1 Å². The van der Waals surface area contributed by atoms with Gasteiger partial charge in [-0.2, -0.15) is 0 Å². The maximum atomic E-state index is 14.3. The van der Waals surface area contributed by atoms with Crippen molar-refractivity contribution in [2.24, 2.45) is 56.2 Å². The van der Waals surface area contributed by atoms with Gasteiger partial charge in [0, 0.05) is 63.6 Å². The van der Waals surface area contributed by atoms with Gasteiger partial charge in [-0.3, -0.25) is 29.1 Å². The largest absolute Gasteiger partial charge is 0.481 e. The number of amides is 1. The Morgan fingerprint density at radius 3 is 2.28 bits per heavy atom. The normalized spacial score (nSPS) is 34.8. The van der Waals surface area contributed by atoms with Crippen molar-refractivity contribution in [2.45, 2.75) is 152 Å². The average Bonchev–Trinajstić information content (AvgIpc) is 3.45. The third-order valence-electron chi connectivity index (χ3n) is 17.3. The lowest BCUT2D eigenvalue weighted by molar-refractivity contribution is -0.235. The van der Waals surface area contributed by atoms with Gasteiger partial charge in [-0.25, -0.2) is 0 Å². The van der Waals surface area contributed by atoms with E-state index >= 15 is 0 Å². The first-order valence-electron chi connectivity index (χ1n) is 22.2. The Bertz CT molecular complexity index is 1790. The third-order valence-corrected chi connectivity index (χ3v) is 17.3. The fourth-order valence-corrected chi connectivity index (χ4v) is 13.7. The number of rotatable bonds is 13. The fourth-order valence-electron chi connectivity index (χ4n) is 13.7. The highest BCUT2D eigenvalue weighted by Gasteiger charge is 2.71. The molecule has 9 atom stereocenters. The lowest BCUT2D eigenvalue weighted by atomic mass is 9.33. The quantitative estimate of drug-likeness (QED) is 0.190. The second kappa shape index (κ2) is 15.7. The number of carboxylic acid groups (broad SMARTS) is 1. The van der Waals surface area contributed by atoms with E-state index in [1.165, 1.54) is 5.57 Å². The molecule has 4 fully saturated rings. The van der Waals surface area contributed by atoms with Gasteiger partial charge in [-0.1, -0.05) is 60.1 Å². The van der Waals surface area contributed by atoms with Crippen LogP contribution in [0, 0.1) is 56.2 Å². The molecule has 1 heterocycles. The zero-order chi connectivity index (χ0) is 42.8. The van der Waals surface area contributed by atoms with E-state index in [2.05, 4.69) is 58.4 Å². The monoisotopic (exact) mass is 804 g/mol. The van der Waals surface area contributed by atoms with E-state index in [9.17, 15) is 29.4 Å². The Balaban J connectivity index is 1.29. The lowest BCUT2D eigenvalue weighted by Crippen LogP contribution is -2.66. The SMILES string of the molecule is CC(=O)N(C)CCN(Cc1ccccn1)CC(O)C12CC[C@]3(C)[C@H](CC[C@@H]4[C@@]5(C)CC[C@H](OC(=O)CC(C)(C)C(=O)O)C(C)(C)[C@@H]5CC[C@]43C)C1=C(C(C)C)C(=O)C2. The van der Waals surface area contributed by atoms with Crippen molar-refractivity contribution in [1.82, 2.24) is 14.8 Å². The lowest BCUT2D eigenvalue weighted by Gasteiger charge is -2.72. The number of likely N-dealkylation sites (N-methyl/N-ethyl adjacent to an activating group) is 1. The van der Waals surface area contributed by atoms with Crippen LogP contribution in [0.4, 0.5) is 0 Å². The predicted molar refractivity (Wildman–Crippen MR) is 224 cm³/mol. The number of Topliss-reactive ketones (excluding diaryl/α,β-unsaturated/α-hetero) is 1. The fraction of sp³-hybridized carbons (Fsp3) is 0.771. The molecule has 0 aromatic carbocycles. The molecule has 5 aliphatic rings. The number of fused-ring (bicyclic) bond motifs is 7. The van der Waals surface area contributed by atoms with Crippen molar-refractivity contribution in [1.29, 1.82) is 0 Å². The second-order valence-corrected chi connectivity index (χ2v) is 21.6. The molecule has 1 aromatic rings. The van der Waals surface area contributed by atoms with Crippen LogP contribution < -0.4 is 0 Å². The molecule has 2 unspecified atom stereocenters. The molecule has 0 bridgehead atoms. The second-order valence-electron chi connectivity index (χ2n) is 21.6. The van der Waals surface area contributed by atoms with Crippen LogP contribution >= 0.6 is 0 Å². The average molecular weight is 804 g/mol. The summed E-state index contributed by atoms with van der Waals surface area (Å²) in [5.74, 6) is -0.187. The summed E-state index contributed by atoms with van der Waals surface area (Å²) in [7, 11) is 1.81. The molecule has 0 aliphatic heterocycles. The van der Waals surface area contributed by atoms with E-state index in [0.717, 1.165) is 62.6 Å². The van der Waals surface area contributed by atoms with Gasteiger partial charge in [0.1, 0.15) is 6.10 Å². The molecule has 0 saturated heterocycles. The third kappa shape index (κ3) is 7.38. The molecule has 5 aliphatic carbocycles. The molecule has 0 radical (unpaired) electrons. The number of ketones is 1. The number of hydrogen-bond acceptors (Lipinski definition) is 8.